The Morgan fingerprint density at radius 3 is 1.82 bits per heavy atom. The van der Waals surface area contributed by atoms with E-state index in [1.54, 1.807) is 36.4 Å². The van der Waals surface area contributed by atoms with E-state index in [4.69, 9.17) is 9.47 Å². The molecule has 0 aromatic heterocycles. The number of ketones is 1. The van der Waals surface area contributed by atoms with E-state index in [2.05, 4.69) is 0 Å². The van der Waals surface area contributed by atoms with Gasteiger partial charge in [0.25, 0.3) is 5.79 Å². The molecule has 5 heteroatoms. The lowest BCUT2D eigenvalue weighted by Gasteiger charge is -2.26. The third kappa shape index (κ3) is 2.77. The quantitative estimate of drug-likeness (QED) is 0.655. The molecule has 2 aromatic carbocycles. The van der Waals surface area contributed by atoms with Crippen LogP contribution < -0.4 is 0 Å². The first-order valence-electron chi connectivity index (χ1n) is 6.59. The van der Waals surface area contributed by atoms with E-state index in [1.807, 2.05) is 6.07 Å². The fourth-order valence-corrected chi connectivity index (χ4v) is 2.21. The van der Waals surface area contributed by atoms with Gasteiger partial charge in [0.05, 0.1) is 0 Å². The fraction of sp³-hybridized carbons (Fsp3) is 0.176. The van der Waals surface area contributed by atoms with Crippen LogP contribution in [0.25, 0.3) is 0 Å². The molecule has 0 fully saturated rings. The Bertz CT molecular complexity index is 657. The van der Waals surface area contributed by atoms with Gasteiger partial charge in [-0.1, -0.05) is 54.6 Å². The fourth-order valence-electron chi connectivity index (χ4n) is 2.21. The van der Waals surface area contributed by atoms with Gasteiger partial charge in [-0.2, -0.15) is 0 Å². The Hall–Kier alpha value is -2.50. The van der Waals surface area contributed by atoms with E-state index in [9.17, 15) is 14.7 Å². The average Bonchev–Trinajstić information content (AvgIpc) is 2.57. The van der Waals surface area contributed by atoms with Crippen molar-refractivity contribution >= 4 is 11.8 Å². The number of carbonyl (C=O) groups excluding carboxylic acids is 1. The maximum atomic E-state index is 12.3. The minimum absolute atomic E-state index is 0.136. The highest BCUT2D eigenvalue weighted by atomic mass is 16.7. The maximum Gasteiger partial charge on any atom is 0.369 e. The number of benzene rings is 2. The van der Waals surface area contributed by atoms with Gasteiger partial charge in [0, 0.05) is 30.9 Å². The van der Waals surface area contributed by atoms with Crippen LogP contribution in [-0.2, 0) is 20.1 Å². The van der Waals surface area contributed by atoms with Crippen LogP contribution in [0, 0.1) is 0 Å². The molecule has 22 heavy (non-hydrogen) atoms. The Labute approximate surface area is 128 Å². The number of hydrogen-bond donors (Lipinski definition) is 1. The second-order valence-electron chi connectivity index (χ2n) is 4.60. The first-order valence-corrected chi connectivity index (χ1v) is 6.59. The number of carboxylic acid groups (broad SMARTS) is 1. The summed E-state index contributed by atoms with van der Waals surface area (Å²) in [5, 5.41) is 9.32. The van der Waals surface area contributed by atoms with Crippen molar-refractivity contribution in [3.8, 4) is 0 Å². The van der Waals surface area contributed by atoms with Crippen molar-refractivity contribution in [2.45, 2.75) is 5.79 Å². The number of hydrogen-bond acceptors (Lipinski definition) is 4. The Morgan fingerprint density at radius 1 is 0.864 bits per heavy atom. The second kappa shape index (κ2) is 6.51. The zero-order valence-electron chi connectivity index (χ0n) is 12.3. The molecule has 0 spiro atoms. The topological polar surface area (TPSA) is 72.8 Å². The van der Waals surface area contributed by atoms with Gasteiger partial charge in [-0.05, 0) is 0 Å². The van der Waals surface area contributed by atoms with Crippen LogP contribution in [0.1, 0.15) is 21.5 Å². The van der Waals surface area contributed by atoms with Crippen molar-refractivity contribution in [3.63, 3.8) is 0 Å². The van der Waals surface area contributed by atoms with Crippen molar-refractivity contribution < 1.29 is 24.2 Å². The van der Waals surface area contributed by atoms with Crippen molar-refractivity contribution in [2.24, 2.45) is 0 Å². The van der Waals surface area contributed by atoms with Gasteiger partial charge in [-0.25, -0.2) is 4.79 Å². The highest BCUT2D eigenvalue weighted by Crippen LogP contribution is 2.27. The van der Waals surface area contributed by atoms with Crippen molar-refractivity contribution in [3.05, 3.63) is 71.3 Å². The Balaban J connectivity index is 2.35. The number of carbonyl (C=O) groups is 2. The van der Waals surface area contributed by atoms with Crippen molar-refractivity contribution in [1.82, 2.24) is 0 Å². The second-order valence-corrected chi connectivity index (χ2v) is 4.60. The molecule has 0 heterocycles. The lowest BCUT2D eigenvalue weighted by atomic mass is 9.99. The molecule has 0 bridgehead atoms. The molecule has 0 aliphatic carbocycles. The monoisotopic (exact) mass is 300 g/mol. The number of carboxylic acids is 1. The first kappa shape index (κ1) is 15.9. The van der Waals surface area contributed by atoms with Crippen molar-refractivity contribution in [1.29, 1.82) is 0 Å². The summed E-state index contributed by atoms with van der Waals surface area (Å²) in [6, 6.07) is 15.0. The summed E-state index contributed by atoms with van der Waals surface area (Å²) in [4.78, 5) is 23.7. The molecule has 2 rings (SSSR count). The molecule has 5 nitrogen and oxygen atoms in total. The maximum absolute atomic E-state index is 12.3. The van der Waals surface area contributed by atoms with Crippen LogP contribution in [0.15, 0.2) is 54.6 Å². The van der Waals surface area contributed by atoms with Gasteiger partial charge in [0.1, 0.15) is 0 Å². The average molecular weight is 300 g/mol. The Kier molecular flexibility index (Phi) is 4.70. The third-order valence-corrected chi connectivity index (χ3v) is 3.42. The van der Waals surface area contributed by atoms with E-state index in [1.165, 1.54) is 26.4 Å². The smallest absolute Gasteiger partial charge is 0.369 e. The molecule has 0 unspecified atom stereocenters. The molecule has 114 valence electrons. The number of ether oxygens (including phenoxy) is 2. The lowest BCUT2D eigenvalue weighted by Crippen LogP contribution is -2.39. The minimum atomic E-state index is -1.88. The molecular formula is C17H16O5. The Morgan fingerprint density at radius 2 is 1.36 bits per heavy atom. The third-order valence-electron chi connectivity index (χ3n) is 3.42. The molecule has 2 aromatic rings. The summed E-state index contributed by atoms with van der Waals surface area (Å²) in [7, 11) is 2.50. The molecule has 0 aliphatic rings. The first-order chi connectivity index (χ1) is 10.5. The van der Waals surface area contributed by atoms with Crippen LogP contribution >= 0.6 is 0 Å². The summed E-state index contributed by atoms with van der Waals surface area (Å²) >= 11 is 0. The number of aliphatic carboxylic acids is 1. The molecule has 1 N–H and O–H groups in total. The van der Waals surface area contributed by atoms with Crippen LogP contribution in [0.4, 0.5) is 0 Å². The minimum Gasteiger partial charge on any atom is -0.477 e. The summed E-state index contributed by atoms with van der Waals surface area (Å²) in [5.74, 6) is -3.28. The highest BCUT2D eigenvalue weighted by molar-refractivity contribution is 6.09. The molecular weight excluding hydrogens is 284 g/mol. The molecule has 0 saturated heterocycles. The summed E-state index contributed by atoms with van der Waals surface area (Å²) in [6.45, 7) is 0. The number of rotatable bonds is 6. The SMILES string of the molecule is COC(OC)(C(=O)O)c1ccc(C(=O)c2ccccc2)cc1. The number of methoxy groups -OCH3 is 2. The molecule has 0 atom stereocenters. The predicted octanol–water partition coefficient (Wildman–Crippen LogP) is 2.45. The highest BCUT2D eigenvalue weighted by Gasteiger charge is 2.41. The zero-order valence-corrected chi connectivity index (χ0v) is 12.3. The van der Waals surface area contributed by atoms with Crippen LogP contribution in [0.2, 0.25) is 0 Å². The largest absolute Gasteiger partial charge is 0.477 e. The summed E-state index contributed by atoms with van der Waals surface area (Å²) in [6.07, 6.45) is 0. The predicted molar refractivity (Wildman–Crippen MR) is 79.6 cm³/mol. The van der Waals surface area contributed by atoms with E-state index in [-0.39, 0.29) is 5.78 Å². The van der Waals surface area contributed by atoms with Crippen LogP contribution in [0.3, 0.4) is 0 Å². The van der Waals surface area contributed by atoms with Gasteiger partial charge >= 0.3 is 5.97 Å². The summed E-state index contributed by atoms with van der Waals surface area (Å²) in [5.41, 5.74) is 1.33. The van der Waals surface area contributed by atoms with E-state index in [0.717, 1.165) is 0 Å². The van der Waals surface area contributed by atoms with E-state index < -0.39 is 11.8 Å². The van der Waals surface area contributed by atoms with Crippen LogP contribution in [0.5, 0.6) is 0 Å². The summed E-state index contributed by atoms with van der Waals surface area (Å²) < 4.78 is 10.0. The normalized spacial score (nSPS) is 11.2. The molecule has 0 radical (unpaired) electrons. The molecule has 0 saturated carbocycles. The van der Waals surface area contributed by atoms with E-state index >= 15 is 0 Å². The van der Waals surface area contributed by atoms with Gasteiger partial charge in [-0.15, -0.1) is 0 Å². The van der Waals surface area contributed by atoms with E-state index in [0.29, 0.717) is 16.7 Å². The van der Waals surface area contributed by atoms with Crippen molar-refractivity contribution in [2.75, 3.05) is 14.2 Å². The van der Waals surface area contributed by atoms with Gasteiger partial charge in [0.15, 0.2) is 5.78 Å². The van der Waals surface area contributed by atoms with Crippen LogP contribution in [-0.4, -0.2) is 31.1 Å². The molecule has 0 aliphatic heterocycles. The molecule has 0 amide bonds. The zero-order chi connectivity index (χ0) is 16.2. The van der Waals surface area contributed by atoms with Gasteiger partial charge in [0.2, 0.25) is 0 Å². The standard InChI is InChI=1S/C17H16O5/c1-21-17(22-2,16(19)20)14-10-8-13(9-11-14)15(18)12-6-4-3-5-7-12/h3-11H,1-2H3,(H,19,20). The van der Waals surface area contributed by atoms with Gasteiger partial charge in [-0.3, -0.25) is 4.79 Å². The van der Waals surface area contributed by atoms with Gasteiger partial charge < -0.3 is 14.6 Å². The lowest BCUT2D eigenvalue weighted by molar-refractivity contribution is -0.231.